The molecule has 0 aromatic heterocycles. The van der Waals surface area contributed by atoms with E-state index >= 15 is 0 Å². The summed E-state index contributed by atoms with van der Waals surface area (Å²) >= 11 is 6.29. The number of hydrogen-bond acceptors (Lipinski definition) is 3. The summed E-state index contributed by atoms with van der Waals surface area (Å²) in [6.45, 7) is 2.14. The van der Waals surface area contributed by atoms with Crippen molar-refractivity contribution in [2.45, 2.75) is 25.3 Å². The van der Waals surface area contributed by atoms with Crippen molar-refractivity contribution < 1.29 is 9.53 Å². The van der Waals surface area contributed by atoms with Gasteiger partial charge in [-0.15, -0.1) is 0 Å². The lowest BCUT2D eigenvalue weighted by Crippen LogP contribution is -2.25. The molecular weight excluding hydrogens is 346 g/mol. The van der Waals surface area contributed by atoms with Crippen molar-refractivity contribution in [1.29, 1.82) is 0 Å². The number of nitrogens with zero attached hydrogens (tertiary/aromatic N) is 1. The number of rotatable bonds is 6. The highest BCUT2D eigenvalue weighted by molar-refractivity contribution is 6.31. The molecule has 3 nitrogen and oxygen atoms in total. The molecule has 0 radical (unpaired) electrons. The molecule has 4 heteroatoms. The molecule has 0 aliphatic carbocycles. The summed E-state index contributed by atoms with van der Waals surface area (Å²) in [6, 6.07) is 17.0. The SMILES string of the molecule is COC(=O)C=Cc1ccc(C2CCCN2CCc2ccccc2Cl)cc1. The molecule has 1 atom stereocenters. The fourth-order valence-corrected chi connectivity index (χ4v) is 3.73. The average Bonchev–Trinajstić information content (AvgIpc) is 3.14. The molecule has 0 spiro atoms. The van der Waals surface area contributed by atoms with Crippen molar-refractivity contribution in [2.24, 2.45) is 0 Å². The van der Waals surface area contributed by atoms with E-state index in [0.717, 1.165) is 30.1 Å². The molecule has 26 heavy (non-hydrogen) atoms. The summed E-state index contributed by atoms with van der Waals surface area (Å²) in [5.41, 5.74) is 3.54. The molecule has 3 rings (SSSR count). The van der Waals surface area contributed by atoms with Crippen LogP contribution in [0, 0.1) is 0 Å². The Labute approximate surface area is 160 Å². The zero-order chi connectivity index (χ0) is 18.4. The van der Waals surface area contributed by atoms with Crippen LogP contribution in [0.3, 0.4) is 0 Å². The Hall–Kier alpha value is -2.10. The fourth-order valence-electron chi connectivity index (χ4n) is 3.50. The minimum atomic E-state index is -0.337. The summed E-state index contributed by atoms with van der Waals surface area (Å²) in [5.74, 6) is -0.337. The molecule has 1 heterocycles. The van der Waals surface area contributed by atoms with Gasteiger partial charge in [-0.05, 0) is 54.6 Å². The van der Waals surface area contributed by atoms with E-state index in [2.05, 4.69) is 40.0 Å². The Morgan fingerprint density at radius 2 is 2.00 bits per heavy atom. The van der Waals surface area contributed by atoms with Gasteiger partial charge in [0.15, 0.2) is 0 Å². The summed E-state index contributed by atoms with van der Waals surface area (Å²) in [7, 11) is 1.38. The fraction of sp³-hybridized carbons (Fsp3) is 0.318. The lowest BCUT2D eigenvalue weighted by molar-refractivity contribution is -0.134. The van der Waals surface area contributed by atoms with Crippen molar-refractivity contribution >= 4 is 23.6 Å². The summed E-state index contributed by atoms with van der Waals surface area (Å²) in [6.07, 6.45) is 6.59. The first-order valence-electron chi connectivity index (χ1n) is 9.01. The van der Waals surface area contributed by atoms with E-state index in [1.807, 2.05) is 18.2 Å². The second-order valence-corrected chi connectivity index (χ2v) is 6.97. The predicted octanol–water partition coefficient (Wildman–Crippen LogP) is 4.91. The van der Waals surface area contributed by atoms with Gasteiger partial charge in [0, 0.05) is 23.7 Å². The number of likely N-dealkylation sites (tertiary alicyclic amines) is 1. The van der Waals surface area contributed by atoms with Gasteiger partial charge in [0.05, 0.1) is 7.11 Å². The molecule has 2 aromatic rings. The predicted molar refractivity (Wildman–Crippen MR) is 106 cm³/mol. The minimum Gasteiger partial charge on any atom is -0.466 e. The van der Waals surface area contributed by atoms with Gasteiger partial charge in [-0.25, -0.2) is 4.79 Å². The molecule has 2 aromatic carbocycles. The second-order valence-electron chi connectivity index (χ2n) is 6.56. The maximum absolute atomic E-state index is 11.2. The smallest absolute Gasteiger partial charge is 0.330 e. The zero-order valence-corrected chi connectivity index (χ0v) is 15.8. The number of benzene rings is 2. The Morgan fingerprint density at radius 1 is 1.23 bits per heavy atom. The van der Waals surface area contributed by atoms with Crippen LogP contribution in [-0.4, -0.2) is 31.1 Å². The van der Waals surface area contributed by atoms with Crippen LogP contribution in [-0.2, 0) is 16.0 Å². The van der Waals surface area contributed by atoms with Crippen LogP contribution in [0.1, 0.15) is 35.6 Å². The number of esters is 1. The van der Waals surface area contributed by atoms with Crippen LogP contribution in [0.5, 0.6) is 0 Å². The monoisotopic (exact) mass is 369 g/mol. The van der Waals surface area contributed by atoms with E-state index in [1.165, 1.54) is 37.2 Å². The lowest BCUT2D eigenvalue weighted by atomic mass is 10.0. The Kier molecular flexibility index (Phi) is 6.48. The summed E-state index contributed by atoms with van der Waals surface area (Å²) < 4.78 is 4.62. The van der Waals surface area contributed by atoms with Gasteiger partial charge in [0.1, 0.15) is 0 Å². The number of methoxy groups -OCH3 is 1. The molecular formula is C22H24ClNO2. The first-order chi connectivity index (χ1) is 12.7. The Balaban J connectivity index is 1.63. The van der Waals surface area contributed by atoms with E-state index in [0.29, 0.717) is 6.04 Å². The number of ether oxygens (including phenoxy) is 1. The summed E-state index contributed by atoms with van der Waals surface area (Å²) in [5, 5.41) is 0.852. The van der Waals surface area contributed by atoms with Crippen molar-refractivity contribution in [3.8, 4) is 0 Å². The van der Waals surface area contributed by atoms with E-state index in [1.54, 1.807) is 6.08 Å². The van der Waals surface area contributed by atoms with Crippen LogP contribution in [0.15, 0.2) is 54.6 Å². The van der Waals surface area contributed by atoms with Gasteiger partial charge < -0.3 is 4.74 Å². The topological polar surface area (TPSA) is 29.5 Å². The van der Waals surface area contributed by atoms with Crippen LogP contribution in [0.2, 0.25) is 5.02 Å². The van der Waals surface area contributed by atoms with Crippen molar-refractivity contribution in [1.82, 2.24) is 4.90 Å². The average molecular weight is 370 g/mol. The maximum Gasteiger partial charge on any atom is 0.330 e. The zero-order valence-electron chi connectivity index (χ0n) is 15.0. The van der Waals surface area contributed by atoms with Crippen LogP contribution in [0.25, 0.3) is 6.08 Å². The van der Waals surface area contributed by atoms with E-state index in [9.17, 15) is 4.79 Å². The highest BCUT2D eigenvalue weighted by Gasteiger charge is 2.25. The highest BCUT2D eigenvalue weighted by atomic mass is 35.5. The first kappa shape index (κ1) is 18.7. The number of hydrogen-bond donors (Lipinski definition) is 0. The molecule has 0 bridgehead atoms. The molecule has 136 valence electrons. The largest absolute Gasteiger partial charge is 0.466 e. The first-order valence-corrected chi connectivity index (χ1v) is 9.38. The van der Waals surface area contributed by atoms with Gasteiger partial charge in [-0.1, -0.05) is 54.1 Å². The quantitative estimate of drug-likeness (QED) is 0.535. The minimum absolute atomic E-state index is 0.337. The Bertz CT molecular complexity index is 770. The molecule has 1 unspecified atom stereocenters. The van der Waals surface area contributed by atoms with Crippen LogP contribution >= 0.6 is 11.6 Å². The van der Waals surface area contributed by atoms with Crippen LogP contribution < -0.4 is 0 Å². The van der Waals surface area contributed by atoms with Crippen LogP contribution in [0.4, 0.5) is 0 Å². The van der Waals surface area contributed by atoms with Gasteiger partial charge in [0.25, 0.3) is 0 Å². The van der Waals surface area contributed by atoms with E-state index in [4.69, 9.17) is 11.6 Å². The van der Waals surface area contributed by atoms with Gasteiger partial charge in [-0.2, -0.15) is 0 Å². The third-order valence-corrected chi connectivity index (χ3v) is 5.29. The molecule has 0 amide bonds. The standard InChI is InChI=1S/C22H24ClNO2/c1-26-22(25)13-10-17-8-11-19(12-9-17)21-7-4-15-24(21)16-14-18-5-2-3-6-20(18)23/h2-3,5-6,8-13,21H,4,7,14-16H2,1H3. The third kappa shape index (κ3) is 4.75. The van der Waals surface area contributed by atoms with Crippen molar-refractivity contribution in [2.75, 3.05) is 20.2 Å². The van der Waals surface area contributed by atoms with Crippen molar-refractivity contribution in [3.05, 3.63) is 76.3 Å². The normalized spacial score (nSPS) is 17.7. The van der Waals surface area contributed by atoms with E-state index in [-0.39, 0.29) is 5.97 Å². The Morgan fingerprint density at radius 3 is 2.73 bits per heavy atom. The van der Waals surface area contributed by atoms with Gasteiger partial charge in [0.2, 0.25) is 0 Å². The number of halogens is 1. The van der Waals surface area contributed by atoms with Crippen molar-refractivity contribution in [3.63, 3.8) is 0 Å². The van der Waals surface area contributed by atoms with Gasteiger partial charge >= 0.3 is 5.97 Å². The molecule has 1 fully saturated rings. The van der Waals surface area contributed by atoms with Gasteiger partial charge in [-0.3, -0.25) is 4.90 Å². The van der Waals surface area contributed by atoms with E-state index < -0.39 is 0 Å². The molecule has 1 aliphatic heterocycles. The summed E-state index contributed by atoms with van der Waals surface area (Å²) in [4.78, 5) is 13.7. The molecule has 0 saturated carbocycles. The number of carbonyl (C=O) groups is 1. The molecule has 1 saturated heterocycles. The number of carbonyl (C=O) groups excluding carboxylic acids is 1. The lowest BCUT2D eigenvalue weighted by Gasteiger charge is -2.25. The molecule has 1 aliphatic rings. The molecule has 0 N–H and O–H groups in total. The third-order valence-electron chi connectivity index (χ3n) is 4.92. The second kappa shape index (κ2) is 9.02. The highest BCUT2D eigenvalue weighted by Crippen LogP contribution is 2.32. The maximum atomic E-state index is 11.2.